The molecule has 0 saturated carbocycles. The number of aromatic amines is 1. The Bertz CT molecular complexity index is 1120. The third kappa shape index (κ3) is 4.03. The summed E-state index contributed by atoms with van der Waals surface area (Å²) in [5, 5.41) is 13.0. The lowest BCUT2D eigenvalue weighted by molar-refractivity contribution is -0.115. The molecule has 0 saturated heterocycles. The van der Waals surface area contributed by atoms with Crippen LogP contribution in [0.25, 0.3) is 22.2 Å². The van der Waals surface area contributed by atoms with E-state index in [1.54, 1.807) is 12.1 Å². The minimum Gasteiger partial charge on any atom is -0.325 e. The summed E-state index contributed by atoms with van der Waals surface area (Å²) in [6.45, 7) is 1.84. The van der Waals surface area contributed by atoms with E-state index in [-0.39, 0.29) is 11.2 Å². The molecule has 1 unspecified atom stereocenters. The Kier molecular flexibility index (Phi) is 5.32. The zero-order valence-corrected chi connectivity index (χ0v) is 16.6. The van der Waals surface area contributed by atoms with Gasteiger partial charge in [-0.15, -0.1) is 5.10 Å². The van der Waals surface area contributed by atoms with Gasteiger partial charge in [-0.25, -0.2) is 4.98 Å². The molecule has 1 aromatic heterocycles. The van der Waals surface area contributed by atoms with Crippen molar-refractivity contribution in [2.24, 2.45) is 0 Å². The van der Waals surface area contributed by atoms with Gasteiger partial charge in [-0.05, 0) is 42.6 Å². The quantitative estimate of drug-likeness (QED) is 0.434. The summed E-state index contributed by atoms with van der Waals surface area (Å²) in [6.07, 6.45) is 0. The molecule has 140 valence electrons. The highest BCUT2D eigenvalue weighted by molar-refractivity contribution is 8.00. The second-order valence-corrected chi connectivity index (χ2v) is 7.99. The first kappa shape index (κ1) is 18.5. The monoisotopic (exact) mass is 408 g/mol. The van der Waals surface area contributed by atoms with Crippen molar-refractivity contribution < 1.29 is 4.79 Å². The molecular formula is C21H17ClN4OS. The maximum atomic E-state index is 12.7. The van der Waals surface area contributed by atoms with Crippen LogP contribution in [-0.2, 0) is 4.79 Å². The molecule has 3 aromatic carbocycles. The zero-order valence-electron chi connectivity index (χ0n) is 15.0. The van der Waals surface area contributed by atoms with Gasteiger partial charge in [0.15, 0.2) is 5.82 Å². The predicted octanol–water partition coefficient (Wildman–Crippen LogP) is 5.40. The maximum Gasteiger partial charge on any atom is 0.237 e. The Morgan fingerprint density at radius 3 is 2.64 bits per heavy atom. The number of carbonyl (C=O) groups excluding carboxylic acids is 1. The van der Waals surface area contributed by atoms with Crippen molar-refractivity contribution in [3.63, 3.8) is 0 Å². The molecule has 7 heteroatoms. The molecular weight excluding hydrogens is 392 g/mol. The summed E-state index contributed by atoms with van der Waals surface area (Å²) < 4.78 is 0. The Morgan fingerprint density at radius 1 is 1.07 bits per heavy atom. The van der Waals surface area contributed by atoms with Crippen molar-refractivity contribution in [1.82, 2.24) is 15.2 Å². The number of hydrogen-bond acceptors (Lipinski definition) is 4. The smallest absolute Gasteiger partial charge is 0.237 e. The molecule has 0 bridgehead atoms. The highest BCUT2D eigenvalue weighted by atomic mass is 35.5. The summed E-state index contributed by atoms with van der Waals surface area (Å²) in [6, 6.07) is 21.2. The average molecular weight is 409 g/mol. The molecule has 0 aliphatic carbocycles. The zero-order chi connectivity index (χ0) is 19.5. The Morgan fingerprint density at radius 2 is 1.82 bits per heavy atom. The van der Waals surface area contributed by atoms with Crippen LogP contribution in [0.15, 0.2) is 71.9 Å². The summed E-state index contributed by atoms with van der Waals surface area (Å²) in [5.74, 6) is 0.542. The first-order valence-electron chi connectivity index (χ1n) is 8.74. The normalized spacial score (nSPS) is 12.1. The lowest BCUT2D eigenvalue weighted by Crippen LogP contribution is -2.22. The fourth-order valence-electron chi connectivity index (χ4n) is 2.82. The van der Waals surface area contributed by atoms with E-state index < -0.39 is 0 Å². The highest BCUT2D eigenvalue weighted by Crippen LogP contribution is 2.26. The van der Waals surface area contributed by atoms with Crippen molar-refractivity contribution in [2.75, 3.05) is 5.32 Å². The van der Waals surface area contributed by atoms with Gasteiger partial charge in [0.25, 0.3) is 0 Å². The number of thioether (sulfide) groups is 1. The Balaban J connectivity index is 1.45. The molecule has 1 amide bonds. The molecule has 28 heavy (non-hydrogen) atoms. The number of nitrogens with one attached hydrogen (secondary N) is 2. The number of H-pyrrole nitrogens is 1. The van der Waals surface area contributed by atoms with Crippen molar-refractivity contribution in [3.05, 3.63) is 71.8 Å². The van der Waals surface area contributed by atoms with Crippen LogP contribution < -0.4 is 5.32 Å². The number of amides is 1. The summed E-state index contributed by atoms with van der Waals surface area (Å²) in [4.78, 5) is 17.1. The van der Waals surface area contributed by atoms with E-state index in [0.717, 1.165) is 22.0 Å². The SMILES string of the molecule is CC(Sc1n[nH]c(-c2ccc(Cl)cc2)n1)C(=O)Nc1cccc2ccccc12. The van der Waals surface area contributed by atoms with Crippen LogP contribution in [0.3, 0.4) is 0 Å². The van der Waals surface area contributed by atoms with Gasteiger partial charge in [0, 0.05) is 21.7 Å². The molecule has 5 nitrogen and oxygen atoms in total. The fourth-order valence-corrected chi connectivity index (χ4v) is 3.67. The molecule has 0 aliphatic rings. The second-order valence-electron chi connectivity index (χ2n) is 6.25. The number of fused-ring (bicyclic) bond motifs is 1. The van der Waals surface area contributed by atoms with E-state index >= 15 is 0 Å². The lowest BCUT2D eigenvalue weighted by atomic mass is 10.1. The summed E-state index contributed by atoms with van der Waals surface area (Å²) in [5.41, 5.74) is 1.68. The van der Waals surface area contributed by atoms with Crippen LogP contribution in [0.1, 0.15) is 6.92 Å². The van der Waals surface area contributed by atoms with Gasteiger partial charge < -0.3 is 5.32 Å². The van der Waals surface area contributed by atoms with E-state index in [9.17, 15) is 4.79 Å². The number of aromatic nitrogens is 3. The van der Waals surface area contributed by atoms with Gasteiger partial charge in [-0.3, -0.25) is 9.89 Å². The van der Waals surface area contributed by atoms with E-state index in [2.05, 4.69) is 20.5 Å². The average Bonchev–Trinajstić information content (AvgIpc) is 3.17. The Hall–Kier alpha value is -2.83. The molecule has 1 atom stereocenters. The van der Waals surface area contributed by atoms with Crippen molar-refractivity contribution in [2.45, 2.75) is 17.3 Å². The fraction of sp³-hybridized carbons (Fsp3) is 0.0952. The first-order valence-corrected chi connectivity index (χ1v) is 9.99. The molecule has 4 rings (SSSR count). The third-order valence-corrected chi connectivity index (χ3v) is 5.49. The maximum absolute atomic E-state index is 12.7. The molecule has 0 radical (unpaired) electrons. The standard InChI is InChI=1S/C21H17ClN4OS/c1-13(20(27)23-18-8-4-6-14-5-2-3-7-17(14)18)28-21-24-19(25-26-21)15-9-11-16(22)12-10-15/h2-13H,1H3,(H,23,27)(H,24,25,26). The van der Waals surface area contributed by atoms with Crippen LogP contribution in [-0.4, -0.2) is 26.3 Å². The first-order chi connectivity index (χ1) is 13.6. The summed E-state index contributed by atoms with van der Waals surface area (Å²) >= 11 is 7.22. The highest BCUT2D eigenvalue weighted by Gasteiger charge is 2.18. The molecule has 4 aromatic rings. The Labute approximate surface area is 171 Å². The van der Waals surface area contributed by atoms with Gasteiger partial charge >= 0.3 is 0 Å². The molecule has 2 N–H and O–H groups in total. The van der Waals surface area contributed by atoms with Gasteiger partial charge in [0.2, 0.25) is 11.1 Å². The number of carbonyl (C=O) groups is 1. The molecule has 0 spiro atoms. The van der Waals surface area contributed by atoms with E-state index in [4.69, 9.17) is 11.6 Å². The van der Waals surface area contributed by atoms with E-state index in [1.165, 1.54) is 11.8 Å². The largest absolute Gasteiger partial charge is 0.325 e. The van der Waals surface area contributed by atoms with Gasteiger partial charge in [-0.1, -0.05) is 59.8 Å². The van der Waals surface area contributed by atoms with Crippen LogP contribution in [0.5, 0.6) is 0 Å². The van der Waals surface area contributed by atoms with Crippen molar-refractivity contribution in [3.8, 4) is 11.4 Å². The van der Waals surface area contributed by atoms with Gasteiger partial charge in [0.05, 0.1) is 5.25 Å². The number of rotatable bonds is 5. The van der Waals surface area contributed by atoms with Crippen LogP contribution in [0.4, 0.5) is 5.69 Å². The molecule has 0 aliphatic heterocycles. The number of halogens is 1. The van der Waals surface area contributed by atoms with Gasteiger partial charge in [0.1, 0.15) is 0 Å². The van der Waals surface area contributed by atoms with Crippen LogP contribution >= 0.6 is 23.4 Å². The third-order valence-electron chi connectivity index (χ3n) is 4.28. The number of hydrogen-bond donors (Lipinski definition) is 2. The number of anilines is 1. The minimum absolute atomic E-state index is 0.0980. The predicted molar refractivity (Wildman–Crippen MR) is 115 cm³/mol. The number of nitrogens with zero attached hydrogens (tertiary/aromatic N) is 2. The van der Waals surface area contributed by atoms with E-state index in [1.807, 2.05) is 61.5 Å². The molecule has 0 fully saturated rings. The lowest BCUT2D eigenvalue weighted by Gasteiger charge is -2.12. The minimum atomic E-state index is -0.354. The summed E-state index contributed by atoms with van der Waals surface area (Å²) in [7, 11) is 0. The molecule has 1 heterocycles. The van der Waals surface area contributed by atoms with Crippen molar-refractivity contribution in [1.29, 1.82) is 0 Å². The van der Waals surface area contributed by atoms with Gasteiger partial charge in [-0.2, -0.15) is 0 Å². The topological polar surface area (TPSA) is 70.7 Å². The van der Waals surface area contributed by atoms with Crippen molar-refractivity contribution >= 4 is 45.7 Å². The second kappa shape index (κ2) is 8.04. The van der Waals surface area contributed by atoms with Crippen LogP contribution in [0.2, 0.25) is 5.02 Å². The van der Waals surface area contributed by atoms with Crippen LogP contribution in [0, 0.1) is 0 Å². The van der Waals surface area contributed by atoms with E-state index in [0.29, 0.717) is 16.0 Å². The number of benzene rings is 3.